The van der Waals surface area contributed by atoms with E-state index >= 15 is 0 Å². The highest BCUT2D eigenvalue weighted by Crippen LogP contribution is 2.44. The lowest BCUT2D eigenvalue weighted by molar-refractivity contribution is -0.135. The fourth-order valence-corrected chi connectivity index (χ4v) is 4.11. The largest absolute Gasteiger partial charge is 0.354 e. The third-order valence-electron chi connectivity index (χ3n) is 5.44. The predicted molar refractivity (Wildman–Crippen MR) is 111 cm³/mol. The van der Waals surface area contributed by atoms with Gasteiger partial charge in [0.1, 0.15) is 5.82 Å². The first-order valence-corrected chi connectivity index (χ1v) is 10.6. The molecule has 1 amide bonds. The third-order valence-corrected chi connectivity index (χ3v) is 5.77. The molecule has 0 bridgehead atoms. The van der Waals surface area contributed by atoms with Crippen molar-refractivity contribution in [3.8, 4) is 0 Å². The number of amides is 1. The van der Waals surface area contributed by atoms with Gasteiger partial charge in [0, 0.05) is 54.1 Å². The van der Waals surface area contributed by atoms with Crippen LogP contribution in [0, 0.1) is 11.7 Å². The average molecular weight is 409 g/mol. The van der Waals surface area contributed by atoms with Crippen LogP contribution in [-0.2, 0) is 4.79 Å². The molecular weight excluding hydrogens is 379 g/mol. The van der Waals surface area contributed by atoms with Gasteiger partial charge in [-0.3, -0.25) is 9.79 Å². The fraction of sp³-hybridized carbons (Fsp3) is 0.619. The van der Waals surface area contributed by atoms with Crippen LogP contribution in [0.15, 0.2) is 23.2 Å². The number of carbonyl (C=O) groups is 1. The molecule has 1 aromatic carbocycles. The van der Waals surface area contributed by atoms with E-state index in [9.17, 15) is 9.18 Å². The van der Waals surface area contributed by atoms with Crippen molar-refractivity contribution < 1.29 is 9.18 Å². The molecule has 2 unspecified atom stereocenters. The second-order valence-corrected chi connectivity index (χ2v) is 8.36. The van der Waals surface area contributed by atoms with Gasteiger partial charge >= 0.3 is 0 Å². The Bertz CT molecular complexity index is 711. The number of hydrogen-bond acceptors (Lipinski definition) is 2. The highest BCUT2D eigenvalue weighted by atomic mass is 35.5. The Morgan fingerprint density at radius 2 is 2.04 bits per heavy atom. The average Bonchev–Trinajstić information content (AvgIpc) is 3.40. The molecule has 0 spiro atoms. The number of aliphatic imine (C=N–C) groups is 1. The molecule has 1 aromatic rings. The van der Waals surface area contributed by atoms with Crippen molar-refractivity contribution in [2.75, 3.05) is 19.6 Å². The van der Waals surface area contributed by atoms with Gasteiger partial charge in [0.15, 0.2) is 5.96 Å². The highest BCUT2D eigenvalue weighted by molar-refractivity contribution is 6.31. The van der Waals surface area contributed by atoms with Gasteiger partial charge in [0.25, 0.3) is 0 Å². The first kappa shape index (κ1) is 20.9. The van der Waals surface area contributed by atoms with Gasteiger partial charge in [0.05, 0.1) is 0 Å². The third kappa shape index (κ3) is 4.96. The number of likely N-dealkylation sites (tertiary alicyclic amines) is 1. The number of carbonyl (C=O) groups excluding carboxylic acids is 1. The number of nitrogens with zero attached hydrogens (tertiary/aromatic N) is 2. The van der Waals surface area contributed by atoms with Crippen molar-refractivity contribution in [3.05, 3.63) is 34.6 Å². The normalized spacial score (nSPS) is 23.1. The minimum absolute atomic E-state index is 0.0420. The van der Waals surface area contributed by atoms with Crippen molar-refractivity contribution in [1.82, 2.24) is 15.5 Å². The zero-order chi connectivity index (χ0) is 20.3. The van der Waals surface area contributed by atoms with Crippen LogP contribution in [-0.4, -0.2) is 48.5 Å². The first-order chi connectivity index (χ1) is 13.4. The Morgan fingerprint density at radius 3 is 2.64 bits per heavy atom. The number of nitrogens with one attached hydrogen (secondary N) is 2. The molecule has 2 aliphatic rings. The van der Waals surface area contributed by atoms with Gasteiger partial charge in [-0.1, -0.05) is 31.5 Å². The standard InChI is InChI=1S/C21H30ClFN4O/c1-4-24-21(25-14-8-10-27(11-9-14)20(28)13(2)3)26-18-12-15(18)19-16(22)6-5-7-17(19)23/h5-7,13-15,18H,4,8-12H2,1-3H3,(H2,24,25,26). The molecule has 5 nitrogen and oxygen atoms in total. The Kier molecular flexibility index (Phi) is 6.81. The molecule has 1 saturated heterocycles. The molecule has 1 saturated carbocycles. The van der Waals surface area contributed by atoms with E-state index in [-0.39, 0.29) is 35.6 Å². The summed E-state index contributed by atoms with van der Waals surface area (Å²) in [5.41, 5.74) is 0.595. The maximum atomic E-state index is 14.1. The minimum Gasteiger partial charge on any atom is -0.354 e. The number of halogens is 2. The molecule has 0 radical (unpaired) electrons. The molecule has 1 aliphatic heterocycles. The zero-order valence-electron chi connectivity index (χ0n) is 16.8. The predicted octanol–water partition coefficient (Wildman–Crippen LogP) is 3.54. The number of hydrogen-bond donors (Lipinski definition) is 2. The summed E-state index contributed by atoms with van der Waals surface area (Å²) in [6.45, 7) is 8.08. The van der Waals surface area contributed by atoms with Crippen molar-refractivity contribution >= 4 is 23.5 Å². The van der Waals surface area contributed by atoms with E-state index in [4.69, 9.17) is 11.6 Å². The highest BCUT2D eigenvalue weighted by Gasteiger charge is 2.42. The lowest BCUT2D eigenvalue weighted by atomic mass is 10.0. The molecule has 2 fully saturated rings. The molecule has 28 heavy (non-hydrogen) atoms. The number of guanidine groups is 1. The van der Waals surface area contributed by atoms with Gasteiger partial charge in [-0.05, 0) is 38.3 Å². The first-order valence-electron chi connectivity index (χ1n) is 10.2. The Labute approximate surface area is 171 Å². The molecule has 1 aliphatic carbocycles. The number of rotatable bonds is 5. The minimum atomic E-state index is -0.245. The lowest BCUT2D eigenvalue weighted by Gasteiger charge is -2.34. The van der Waals surface area contributed by atoms with Gasteiger partial charge in [-0.2, -0.15) is 0 Å². The van der Waals surface area contributed by atoms with E-state index in [0.717, 1.165) is 38.3 Å². The summed E-state index contributed by atoms with van der Waals surface area (Å²) in [4.78, 5) is 18.6. The topological polar surface area (TPSA) is 56.7 Å². The van der Waals surface area contributed by atoms with Crippen LogP contribution in [0.1, 0.15) is 51.5 Å². The summed E-state index contributed by atoms with van der Waals surface area (Å²) in [5.74, 6) is 0.854. The maximum absolute atomic E-state index is 14.1. The van der Waals surface area contributed by atoms with Crippen LogP contribution in [0.3, 0.4) is 0 Å². The number of piperidine rings is 1. The van der Waals surface area contributed by atoms with E-state index in [0.29, 0.717) is 17.1 Å². The molecule has 0 aromatic heterocycles. The van der Waals surface area contributed by atoms with E-state index in [1.807, 2.05) is 25.7 Å². The SMILES string of the molecule is CCN=C(NC1CCN(C(=O)C(C)C)CC1)NC1CC1c1c(F)cccc1Cl. The zero-order valence-corrected chi connectivity index (χ0v) is 17.6. The molecular formula is C21H30ClFN4O. The van der Waals surface area contributed by atoms with Crippen molar-refractivity contribution in [2.45, 2.75) is 58.0 Å². The van der Waals surface area contributed by atoms with Crippen LogP contribution < -0.4 is 10.6 Å². The van der Waals surface area contributed by atoms with Crippen LogP contribution in [0.25, 0.3) is 0 Å². The second-order valence-electron chi connectivity index (χ2n) is 7.95. The Balaban J connectivity index is 1.53. The van der Waals surface area contributed by atoms with Crippen LogP contribution in [0.2, 0.25) is 5.02 Å². The van der Waals surface area contributed by atoms with Crippen LogP contribution in [0.4, 0.5) is 4.39 Å². The van der Waals surface area contributed by atoms with Gasteiger partial charge in [0.2, 0.25) is 5.91 Å². The molecule has 154 valence electrons. The smallest absolute Gasteiger partial charge is 0.225 e. The summed E-state index contributed by atoms with van der Waals surface area (Å²) in [7, 11) is 0. The monoisotopic (exact) mass is 408 g/mol. The van der Waals surface area contributed by atoms with Gasteiger partial charge < -0.3 is 15.5 Å². The summed E-state index contributed by atoms with van der Waals surface area (Å²) < 4.78 is 14.1. The quantitative estimate of drug-likeness (QED) is 0.578. The van der Waals surface area contributed by atoms with Crippen molar-refractivity contribution in [1.29, 1.82) is 0 Å². The molecule has 2 N–H and O–H groups in total. The Hall–Kier alpha value is -1.82. The molecule has 3 rings (SSSR count). The van der Waals surface area contributed by atoms with E-state index < -0.39 is 0 Å². The number of benzene rings is 1. The molecule has 2 atom stereocenters. The van der Waals surface area contributed by atoms with Crippen LogP contribution in [0.5, 0.6) is 0 Å². The lowest BCUT2D eigenvalue weighted by Crippen LogP contribution is -2.50. The summed E-state index contributed by atoms with van der Waals surface area (Å²) >= 11 is 6.20. The second kappa shape index (κ2) is 9.12. The summed E-state index contributed by atoms with van der Waals surface area (Å²) in [6, 6.07) is 5.25. The Morgan fingerprint density at radius 1 is 1.32 bits per heavy atom. The van der Waals surface area contributed by atoms with Crippen LogP contribution >= 0.6 is 11.6 Å². The van der Waals surface area contributed by atoms with Gasteiger partial charge in [-0.15, -0.1) is 0 Å². The van der Waals surface area contributed by atoms with E-state index in [1.54, 1.807) is 12.1 Å². The van der Waals surface area contributed by atoms with E-state index in [2.05, 4.69) is 15.6 Å². The summed E-state index contributed by atoms with van der Waals surface area (Å²) in [6.07, 6.45) is 2.64. The molecule has 7 heteroatoms. The van der Waals surface area contributed by atoms with Crippen molar-refractivity contribution in [2.24, 2.45) is 10.9 Å². The fourth-order valence-electron chi connectivity index (χ4n) is 3.81. The summed E-state index contributed by atoms with van der Waals surface area (Å²) in [5, 5.41) is 7.40. The maximum Gasteiger partial charge on any atom is 0.225 e. The van der Waals surface area contributed by atoms with Gasteiger partial charge in [-0.25, -0.2) is 4.39 Å². The van der Waals surface area contributed by atoms with E-state index in [1.165, 1.54) is 6.07 Å². The molecule has 1 heterocycles. The van der Waals surface area contributed by atoms with Crippen molar-refractivity contribution in [3.63, 3.8) is 0 Å².